The molecule has 1 N–H and O–H groups in total. The van der Waals surface area contributed by atoms with Gasteiger partial charge in [0.25, 0.3) is 0 Å². The second-order valence-corrected chi connectivity index (χ2v) is 10.8. The monoisotopic (exact) mass is 539 g/mol. The molecule has 4 heterocycles. The van der Waals surface area contributed by atoms with Gasteiger partial charge >= 0.3 is 0 Å². The SMILES string of the molecule is COc1ccc(N2C[C@@H](C(=O)N3C[C@@H](C)[C@](O)(c4ccc(F)cc4)[C@@H](C)C3)[C@H](c3ccc(Cl)cn3)C2)nn1. The van der Waals surface area contributed by atoms with E-state index in [0.717, 1.165) is 5.69 Å². The largest absolute Gasteiger partial charge is 0.480 e. The quantitative estimate of drug-likeness (QED) is 0.526. The number of carbonyl (C=O) groups excluding carboxylic acids is 1. The highest BCUT2D eigenvalue weighted by molar-refractivity contribution is 6.30. The van der Waals surface area contributed by atoms with Crippen molar-refractivity contribution in [1.82, 2.24) is 20.1 Å². The first-order valence-electron chi connectivity index (χ1n) is 12.7. The highest BCUT2D eigenvalue weighted by Crippen LogP contribution is 2.43. The number of nitrogens with zero attached hydrogens (tertiary/aromatic N) is 5. The predicted molar refractivity (Wildman–Crippen MR) is 141 cm³/mol. The fourth-order valence-corrected chi connectivity index (χ4v) is 6.05. The molecule has 2 aliphatic heterocycles. The lowest BCUT2D eigenvalue weighted by Gasteiger charge is -2.48. The van der Waals surface area contributed by atoms with E-state index in [1.807, 2.05) is 35.8 Å². The Morgan fingerprint density at radius 3 is 2.32 bits per heavy atom. The molecule has 38 heavy (non-hydrogen) atoms. The zero-order valence-electron chi connectivity index (χ0n) is 21.6. The lowest BCUT2D eigenvalue weighted by Crippen LogP contribution is -2.57. The number of pyridine rings is 1. The molecule has 0 unspecified atom stereocenters. The summed E-state index contributed by atoms with van der Waals surface area (Å²) in [5.41, 5.74) is 0.291. The summed E-state index contributed by atoms with van der Waals surface area (Å²) in [5.74, 6) is -0.311. The van der Waals surface area contributed by atoms with Crippen LogP contribution < -0.4 is 9.64 Å². The van der Waals surface area contributed by atoms with Crippen LogP contribution in [-0.4, -0.2) is 64.4 Å². The summed E-state index contributed by atoms with van der Waals surface area (Å²) < 4.78 is 18.7. The number of aromatic nitrogens is 3. The molecule has 3 aromatic rings. The molecular weight excluding hydrogens is 509 g/mol. The summed E-state index contributed by atoms with van der Waals surface area (Å²) in [6.45, 7) is 5.64. The molecule has 2 saturated heterocycles. The molecule has 0 radical (unpaired) electrons. The molecule has 1 amide bonds. The van der Waals surface area contributed by atoms with Crippen molar-refractivity contribution < 1.29 is 19.0 Å². The van der Waals surface area contributed by atoms with Gasteiger partial charge in [-0.2, -0.15) is 0 Å². The Kier molecular flexibility index (Phi) is 7.24. The Labute approximate surface area is 226 Å². The molecule has 2 aromatic heterocycles. The maximum absolute atomic E-state index is 14.1. The molecule has 10 heteroatoms. The molecule has 1 aromatic carbocycles. The van der Waals surface area contributed by atoms with Crippen LogP contribution in [0.25, 0.3) is 0 Å². The van der Waals surface area contributed by atoms with Crippen LogP contribution in [0.5, 0.6) is 5.88 Å². The number of halogens is 2. The summed E-state index contributed by atoms with van der Waals surface area (Å²) >= 11 is 6.09. The number of anilines is 1. The van der Waals surface area contributed by atoms with Crippen molar-refractivity contribution in [2.24, 2.45) is 17.8 Å². The van der Waals surface area contributed by atoms with Gasteiger partial charge in [-0.1, -0.05) is 37.6 Å². The van der Waals surface area contributed by atoms with Gasteiger partial charge in [0.1, 0.15) is 5.82 Å². The summed E-state index contributed by atoms with van der Waals surface area (Å²) in [6, 6.07) is 13.2. The van der Waals surface area contributed by atoms with Gasteiger partial charge in [-0.15, -0.1) is 10.2 Å². The first-order valence-corrected chi connectivity index (χ1v) is 13.1. The standard InChI is InChI=1S/C28H31ClFN5O3/c1-17-13-35(14-18(2)28(17,37)19-4-7-21(30)8-5-19)27(36)23-16-34(25-10-11-26(38-3)33-32-25)15-22(23)24-9-6-20(29)12-31-24/h4-12,17-18,22-23,37H,13-16H2,1-3H3/t17-,18+,22-,23-,28-/m1/s1. The average Bonchev–Trinajstić information content (AvgIpc) is 3.37. The average molecular weight is 540 g/mol. The number of carbonyl (C=O) groups is 1. The number of ether oxygens (including phenoxy) is 1. The van der Waals surface area contributed by atoms with Crippen molar-refractivity contribution in [3.63, 3.8) is 0 Å². The minimum atomic E-state index is -1.16. The van der Waals surface area contributed by atoms with E-state index < -0.39 is 5.60 Å². The highest BCUT2D eigenvalue weighted by atomic mass is 35.5. The van der Waals surface area contributed by atoms with Crippen molar-refractivity contribution in [3.8, 4) is 5.88 Å². The normalized spacial score (nSPS) is 27.4. The third-order valence-electron chi connectivity index (χ3n) is 8.04. The summed E-state index contributed by atoms with van der Waals surface area (Å²) in [7, 11) is 1.54. The van der Waals surface area contributed by atoms with Gasteiger partial charge in [0.2, 0.25) is 11.8 Å². The third-order valence-corrected chi connectivity index (χ3v) is 8.26. The van der Waals surface area contributed by atoms with E-state index in [9.17, 15) is 14.3 Å². The Bertz CT molecular complexity index is 1260. The summed E-state index contributed by atoms with van der Waals surface area (Å²) in [5, 5.41) is 20.6. The van der Waals surface area contributed by atoms with Crippen molar-refractivity contribution >= 4 is 23.3 Å². The Hall–Kier alpha value is -3.30. The second kappa shape index (κ2) is 10.5. The number of hydrogen-bond acceptors (Lipinski definition) is 7. The first-order chi connectivity index (χ1) is 18.2. The highest BCUT2D eigenvalue weighted by Gasteiger charge is 2.49. The molecular formula is C28H31ClFN5O3. The van der Waals surface area contributed by atoms with E-state index in [1.54, 1.807) is 30.5 Å². The van der Waals surface area contributed by atoms with Gasteiger partial charge in [-0.25, -0.2) is 4.39 Å². The number of methoxy groups -OCH3 is 1. The van der Waals surface area contributed by atoms with Crippen LogP contribution in [0.2, 0.25) is 5.02 Å². The van der Waals surface area contributed by atoms with E-state index in [1.165, 1.54) is 19.2 Å². The molecule has 2 aliphatic rings. The number of likely N-dealkylation sites (tertiary alicyclic amines) is 1. The van der Waals surface area contributed by atoms with Crippen molar-refractivity contribution in [3.05, 3.63) is 76.8 Å². The molecule has 8 nitrogen and oxygen atoms in total. The van der Waals surface area contributed by atoms with Crippen molar-refractivity contribution in [2.75, 3.05) is 38.2 Å². The maximum Gasteiger partial charge on any atom is 0.233 e. The fourth-order valence-electron chi connectivity index (χ4n) is 5.94. The molecule has 0 spiro atoms. The zero-order chi connectivity index (χ0) is 27.0. The minimum Gasteiger partial charge on any atom is -0.480 e. The van der Waals surface area contributed by atoms with Gasteiger partial charge in [0.15, 0.2) is 5.82 Å². The van der Waals surface area contributed by atoms with Gasteiger partial charge in [0.05, 0.1) is 23.7 Å². The Balaban J connectivity index is 1.40. The fraction of sp³-hybridized carbons (Fsp3) is 0.429. The summed E-state index contributed by atoms with van der Waals surface area (Å²) in [4.78, 5) is 22.5. The molecule has 5 rings (SSSR count). The van der Waals surface area contributed by atoms with Crippen LogP contribution in [0.15, 0.2) is 54.7 Å². The molecule has 0 aliphatic carbocycles. The van der Waals surface area contributed by atoms with Gasteiger partial charge in [-0.05, 0) is 35.9 Å². The number of amides is 1. The van der Waals surface area contributed by atoms with E-state index in [0.29, 0.717) is 48.5 Å². The predicted octanol–water partition coefficient (Wildman–Crippen LogP) is 3.89. The Morgan fingerprint density at radius 1 is 1.03 bits per heavy atom. The maximum atomic E-state index is 14.1. The minimum absolute atomic E-state index is 0.00979. The van der Waals surface area contributed by atoms with Crippen molar-refractivity contribution in [2.45, 2.75) is 25.4 Å². The summed E-state index contributed by atoms with van der Waals surface area (Å²) in [6.07, 6.45) is 1.60. The zero-order valence-corrected chi connectivity index (χ0v) is 22.3. The molecule has 0 saturated carbocycles. The molecule has 5 atom stereocenters. The lowest BCUT2D eigenvalue weighted by molar-refractivity contribution is -0.152. The van der Waals surface area contributed by atoms with E-state index in [4.69, 9.17) is 16.3 Å². The first kappa shape index (κ1) is 26.3. The van der Waals surface area contributed by atoms with E-state index in [-0.39, 0.29) is 35.4 Å². The van der Waals surface area contributed by atoms with Crippen LogP contribution in [0.3, 0.4) is 0 Å². The van der Waals surface area contributed by atoms with Crippen LogP contribution in [-0.2, 0) is 10.4 Å². The Morgan fingerprint density at radius 2 is 1.74 bits per heavy atom. The van der Waals surface area contributed by atoms with Crippen LogP contribution in [0, 0.1) is 23.6 Å². The molecule has 2 fully saturated rings. The number of piperidine rings is 1. The van der Waals surface area contributed by atoms with Crippen LogP contribution >= 0.6 is 11.6 Å². The van der Waals surface area contributed by atoms with Crippen LogP contribution in [0.4, 0.5) is 10.2 Å². The smallest absolute Gasteiger partial charge is 0.233 e. The van der Waals surface area contributed by atoms with Gasteiger partial charge < -0.3 is 19.6 Å². The number of rotatable bonds is 5. The number of benzene rings is 1. The second-order valence-electron chi connectivity index (χ2n) is 10.3. The van der Waals surface area contributed by atoms with Crippen LogP contribution in [0.1, 0.15) is 31.0 Å². The third kappa shape index (κ3) is 4.80. The van der Waals surface area contributed by atoms with E-state index in [2.05, 4.69) is 15.2 Å². The lowest BCUT2D eigenvalue weighted by atomic mass is 9.70. The number of aliphatic hydroxyl groups is 1. The molecule has 200 valence electrons. The number of hydrogen-bond donors (Lipinski definition) is 1. The van der Waals surface area contributed by atoms with Gasteiger partial charge in [-0.3, -0.25) is 9.78 Å². The van der Waals surface area contributed by atoms with Crippen molar-refractivity contribution in [1.29, 1.82) is 0 Å². The van der Waals surface area contributed by atoms with E-state index >= 15 is 0 Å². The topological polar surface area (TPSA) is 91.7 Å². The molecule has 0 bridgehead atoms. The van der Waals surface area contributed by atoms with Gasteiger partial charge in [0, 0.05) is 61.9 Å².